The summed E-state index contributed by atoms with van der Waals surface area (Å²) in [5.74, 6) is 0.292. The van der Waals surface area contributed by atoms with Crippen LogP contribution in [-0.4, -0.2) is 42.9 Å². The number of aliphatic hydroxyl groups is 1. The molecule has 0 aromatic carbocycles. The van der Waals surface area contributed by atoms with Gasteiger partial charge < -0.3 is 16.2 Å². The Morgan fingerprint density at radius 3 is 2.96 bits per heavy atom. The Kier molecular flexibility index (Phi) is 5.64. The van der Waals surface area contributed by atoms with E-state index in [9.17, 15) is 9.90 Å². The highest BCUT2D eigenvalue weighted by atomic mass is 35.5. The number of nitrogens with one attached hydrogen (secondary N) is 1. The highest BCUT2D eigenvalue weighted by Gasteiger charge is 2.34. The lowest BCUT2D eigenvalue weighted by atomic mass is 10.1. The standard InChI is InChI=1S/C14H18N6O2.ClH/c15-11-4-10(5-12(11)21)14(22)18-6-9-2-1-3-17-13(9)20-8-16-7-19-20;/h1-3,7-8,10-12,21H,4-6,15H2,(H,18,22);1H/t10-,11-,12-;/m0./s1. The number of amides is 1. The average Bonchev–Trinajstić information content (AvgIpc) is 3.16. The summed E-state index contributed by atoms with van der Waals surface area (Å²) in [5, 5.41) is 16.6. The molecule has 8 nitrogen and oxygen atoms in total. The van der Waals surface area contributed by atoms with Crippen LogP contribution < -0.4 is 11.1 Å². The molecular weight excluding hydrogens is 320 g/mol. The second-order valence-corrected chi connectivity index (χ2v) is 5.44. The van der Waals surface area contributed by atoms with Crippen LogP contribution in [0.2, 0.25) is 0 Å². The Morgan fingerprint density at radius 1 is 1.48 bits per heavy atom. The van der Waals surface area contributed by atoms with Gasteiger partial charge in [-0.3, -0.25) is 4.79 Å². The van der Waals surface area contributed by atoms with Crippen molar-refractivity contribution < 1.29 is 9.90 Å². The molecule has 23 heavy (non-hydrogen) atoms. The molecule has 1 fully saturated rings. The van der Waals surface area contributed by atoms with Crippen molar-refractivity contribution in [2.45, 2.75) is 31.5 Å². The van der Waals surface area contributed by atoms with Gasteiger partial charge in [-0.25, -0.2) is 14.6 Å². The maximum absolute atomic E-state index is 12.2. The zero-order valence-corrected chi connectivity index (χ0v) is 13.2. The van der Waals surface area contributed by atoms with Crippen molar-refractivity contribution in [3.8, 4) is 5.82 Å². The highest BCUT2D eigenvalue weighted by molar-refractivity contribution is 5.85. The van der Waals surface area contributed by atoms with Gasteiger partial charge in [-0.05, 0) is 18.9 Å². The van der Waals surface area contributed by atoms with Crippen LogP contribution >= 0.6 is 12.4 Å². The van der Waals surface area contributed by atoms with E-state index < -0.39 is 6.10 Å². The van der Waals surface area contributed by atoms with Crippen LogP contribution in [0.1, 0.15) is 18.4 Å². The lowest BCUT2D eigenvalue weighted by Gasteiger charge is -2.12. The first-order valence-corrected chi connectivity index (χ1v) is 7.15. The third-order valence-electron chi connectivity index (χ3n) is 3.90. The van der Waals surface area contributed by atoms with Crippen LogP contribution in [0.4, 0.5) is 0 Å². The smallest absolute Gasteiger partial charge is 0.223 e. The lowest BCUT2D eigenvalue weighted by molar-refractivity contribution is -0.125. The number of nitrogens with two attached hydrogens (primary N) is 1. The van der Waals surface area contributed by atoms with Crippen LogP contribution in [0.3, 0.4) is 0 Å². The summed E-state index contributed by atoms with van der Waals surface area (Å²) in [5.41, 5.74) is 6.58. The molecule has 3 rings (SSSR count). The highest BCUT2D eigenvalue weighted by Crippen LogP contribution is 2.25. The van der Waals surface area contributed by atoms with E-state index in [1.54, 1.807) is 23.3 Å². The van der Waals surface area contributed by atoms with Crippen molar-refractivity contribution in [3.05, 3.63) is 36.5 Å². The number of rotatable bonds is 4. The Labute approximate surface area is 139 Å². The zero-order chi connectivity index (χ0) is 15.5. The van der Waals surface area contributed by atoms with E-state index in [0.717, 1.165) is 5.56 Å². The topological polar surface area (TPSA) is 119 Å². The zero-order valence-electron chi connectivity index (χ0n) is 12.4. The van der Waals surface area contributed by atoms with Gasteiger partial charge in [0.15, 0.2) is 5.82 Å². The third kappa shape index (κ3) is 3.84. The fourth-order valence-electron chi connectivity index (χ4n) is 2.68. The first-order valence-electron chi connectivity index (χ1n) is 7.15. The van der Waals surface area contributed by atoms with E-state index in [1.807, 2.05) is 6.07 Å². The van der Waals surface area contributed by atoms with Gasteiger partial charge in [0.1, 0.15) is 12.7 Å². The molecule has 0 unspecified atom stereocenters. The quantitative estimate of drug-likeness (QED) is 0.710. The first-order chi connectivity index (χ1) is 10.6. The number of carbonyl (C=O) groups is 1. The molecule has 0 aliphatic heterocycles. The van der Waals surface area contributed by atoms with Gasteiger partial charge >= 0.3 is 0 Å². The maximum atomic E-state index is 12.2. The minimum absolute atomic E-state index is 0. The molecule has 0 spiro atoms. The molecule has 2 aromatic rings. The van der Waals surface area contributed by atoms with Crippen LogP contribution in [0.5, 0.6) is 0 Å². The number of aromatic nitrogens is 4. The normalized spacial score (nSPS) is 23.3. The minimum atomic E-state index is -0.597. The Morgan fingerprint density at radius 2 is 2.30 bits per heavy atom. The molecule has 9 heteroatoms. The van der Waals surface area contributed by atoms with Gasteiger partial charge in [0.05, 0.1) is 6.10 Å². The van der Waals surface area contributed by atoms with Gasteiger partial charge in [-0.1, -0.05) is 6.07 Å². The number of hydrogen-bond donors (Lipinski definition) is 3. The average molecular weight is 339 g/mol. The summed E-state index contributed by atoms with van der Waals surface area (Å²) in [6.07, 6.45) is 4.97. The van der Waals surface area contributed by atoms with Gasteiger partial charge in [0, 0.05) is 30.3 Å². The van der Waals surface area contributed by atoms with Crippen molar-refractivity contribution >= 4 is 18.3 Å². The molecule has 2 aromatic heterocycles. The van der Waals surface area contributed by atoms with Crippen molar-refractivity contribution in [2.75, 3.05) is 0 Å². The summed E-state index contributed by atoms with van der Waals surface area (Å²) in [4.78, 5) is 20.3. The van der Waals surface area contributed by atoms with Gasteiger partial charge in [0.2, 0.25) is 5.91 Å². The second-order valence-electron chi connectivity index (χ2n) is 5.44. The molecular formula is C14H19ClN6O2. The summed E-state index contributed by atoms with van der Waals surface area (Å²) in [6.45, 7) is 0.337. The van der Waals surface area contributed by atoms with E-state index in [4.69, 9.17) is 5.73 Å². The van der Waals surface area contributed by atoms with Gasteiger partial charge in [0.25, 0.3) is 0 Å². The van der Waals surface area contributed by atoms with E-state index in [1.165, 1.54) is 6.33 Å². The molecule has 0 bridgehead atoms. The monoisotopic (exact) mass is 338 g/mol. The van der Waals surface area contributed by atoms with E-state index in [0.29, 0.717) is 25.2 Å². The van der Waals surface area contributed by atoms with Crippen molar-refractivity contribution in [1.82, 2.24) is 25.1 Å². The summed E-state index contributed by atoms with van der Waals surface area (Å²) in [6, 6.07) is 3.36. The Hall–Kier alpha value is -2.03. The van der Waals surface area contributed by atoms with Crippen LogP contribution in [0.15, 0.2) is 31.0 Å². The lowest BCUT2D eigenvalue weighted by Crippen LogP contribution is -2.30. The molecule has 2 heterocycles. The van der Waals surface area contributed by atoms with Crippen LogP contribution in [0.25, 0.3) is 5.82 Å². The largest absolute Gasteiger partial charge is 0.391 e. The van der Waals surface area contributed by atoms with Crippen LogP contribution in [0, 0.1) is 5.92 Å². The molecule has 4 N–H and O–H groups in total. The Bertz CT molecular complexity index is 640. The molecule has 1 aliphatic carbocycles. The molecule has 3 atom stereocenters. The first kappa shape index (κ1) is 17.3. The van der Waals surface area contributed by atoms with Gasteiger partial charge in [-0.2, -0.15) is 5.10 Å². The number of hydrogen-bond acceptors (Lipinski definition) is 6. The number of aliphatic hydroxyl groups excluding tert-OH is 1. The molecule has 1 saturated carbocycles. The molecule has 124 valence electrons. The fourth-order valence-corrected chi connectivity index (χ4v) is 2.68. The second kappa shape index (κ2) is 7.49. The number of pyridine rings is 1. The van der Waals surface area contributed by atoms with Crippen LogP contribution in [-0.2, 0) is 11.3 Å². The van der Waals surface area contributed by atoms with Gasteiger partial charge in [-0.15, -0.1) is 12.4 Å². The van der Waals surface area contributed by atoms with Crippen molar-refractivity contribution in [3.63, 3.8) is 0 Å². The predicted molar refractivity (Wildman–Crippen MR) is 85.0 cm³/mol. The fraction of sp³-hybridized carbons (Fsp3) is 0.429. The maximum Gasteiger partial charge on any atom is 0.223 e. The minimum Gasteiger partial charge on any atom is -0.391 e. The SMILES string of the molecule is Cl.N[C@H]1C[C@H](C(=O)NCc2cccnc2-n2cncn2)C[C@@H]1O. The third-order valence-corrected chi connectivity index (χ3v) is 3.90. The molecule has 1 amide bonds. The molecule has 0 radical (unpaired) electrons. The summed E-state index contributed by atoms with van der Waals surface area (Å²) >= 11 is 0. The Balaban J connectivity index is 0.00000192. The molecule has 0 saturated heterocycles. The number of nitrogens with zero attached hydrogens (tertiary/aromatic N) is 4. The van der Waals surface area contributed by atoms with E-state index >= 15 is 0 Å². The number of halogens is 1. The van der Waals surface area contributed by atoms with E-state index in [2.05, 4.69) is 20.4 Å². The van der Waals surface area contributed by atoms with Crippen molar-refractivity contribution in [1.29, 1.82) is 0 Å². The summed E-state index contributed by atoms with van der Waals surface area (Å²) in [7, 11) is 0. The van der Waals surface area contributed by atoms with E-state index in [-0.39, 0.29) is 30.3 Å². The number of carbonyl (C=O) groups excluding carboxylic acids is 1. The predicted octanol–water partition coefficient (Wildman–Crippen LogP) is -0.202. The molecule has 1 aliphatic rings. The summed E-state index contributed by atoms with van der Waals surface area (Å²) < 4.78 is 1.55. The van der Waals surface area contributed by atoms with Crippen molar-refractivity contribution in [2.24, 2.45) is 11.7 Å².